The van der Waals surface area contributed by atoms with E-state index >= 15 is 0 Å². The number of nitrogens with two attached hydrogens (primary N) is 1. The van der Waals surface area contributed by atoms with E-state index in [-0.39, 0.29) is 31.8 Å². The van der Waals surface area contributed by atoms with Gasteiger partial charge in [-0.3, -0.25) is 9.59 Å². The van der Waals surface area contributed by atoms with Crippen molar-refractivity contribution in [3.8, 4) is 0 Å². The zero-order valence-electron chi connectivity index (χ0n) is 8.64. The lowest BCUT2D eigenvalue weighted by Gasteiger charge is -2.45. The van der Waals surface area contributed by atoms with E-state index < -0.39 is 17.6 Å². The van der Waals surface area contributed by atoms with Crippen molar-refractivity contribution < 1.29 is 19.8 Å². The van der Waals surface area contributed by atoms with Crippen molar-refractivity contribution in [1.29, 1.82) is 0 Å². The number of carbonyl (C=O) groups is 2. The molecule has 0 radical (unpaired) electrons. The summed E-state index contributed by atoms with van der Waals surface area (Å²) in [6.07, 6.45) is 0.0178. The Labute approximate surface area is 87.7 Å². The Morgan fingerprint density at radius 3 is 2.47 bits per heavy atom. The Bertz CT molecular complexity index is 269. The molecule has 0 aromatic rings. The van der Waals surface area contributed by atoms with Crippen molar-refractivity contribution in [2.45, 2.75) is 31.4 Å². The van der Waals surface area contributed by atoms with Gasteiger partial charge in [-0.1, -0.05) is 0 Å². The molecule has 1 aliphatic heterocycles. The minimum absolute atomic E-state index is 0.114. The summed E-state index contributed by atoms with van der Waals surface area (Å²) in [5, 5.41) is 17.8. The number of rotatable bonds is 4. The van der Waals surface area contributed by atoms with Gasteiger partial charge >= 0.3 is 5.97 Å². The largest absolute Gasteiger partial charge is 0.481 e. The molecule has 1 atom stereocenters. The molecule has 0 bridgehead atoms. The molecule has 86 valence electrons. The van der Waals surface area contributed by atoms with Crippen LogP contribution in [-0.4, -0.2) is 51.7 Å². The molecule has 0 saturated carbocycles. The lowest BCUT2D eigenvalue weighted by atomic mass is 9.95. The molecule has 1 fully saturated rings. The zero-order valence-corrected chi connectivity index (χ0v) is 8.64. The Hall–Kier alpha value is -1.14. The van der Waals surface area contributed by atoms with Crippen LogP contribution in [0.1, 0.15) is 19.8 Å². The van der Waals surface area contributed by atoms with Crippen LogP contribution >= 0.6 is 0 Å². The van der Waals surface area contributed by atoms with Gasteiger partial charge in [0.05, 0.1) is 24.7 Å². The van der Waals surface area contributed by atoms with Crippen LogP contribution in [0.5, 0.6) is 0 Å². The van der Waals surface area contributed by atoms with E-state index in [0.29, 0.717) is 0 Å². The SMILES string of the molecule is CC1(O)CN(C(=O)C(N)CCC(=O)O)C1. The molecule has 0 aromatic carbocycles. The minimum Gasteiger partial charge on any atom is -0.481 e. The van der Waals surface area contributed by atoms with Crippen molar-refractivity contribution in [3.05, 3.63) is 0 Å². The lowest BCUT2D eigenvalue weighted by Crippen LogP contribution is -2.64. The van der Waals surface area contributed by atoms with Gasteiger partial charge in [0.25, 0.3) is 0 Å². The molecule has 1 heterocycles. The number of carboxylic acid groups (broad SMARTS) is 1. The van der Waals surface area contributed by atoms with E-state index in [1.54, 1.807) is 6.92 Å². The van der Waals surface area contributed by atoms with Crippen molar-refractivity contribution in [1.82, 2.24) is 4.90 Å². The molecule has 0 aliphatic carbocycles. The quantitative estimate of drug-likeness (QED) is 0.546. The third kappa shape index (κ3) is 3.17. The van der Waals surface area contributed by atoms with Gasteiger partial charge in [0.2, 0.25) is 5.91 Å². The van der Waals surface area contributed by atoms with Crippen LogP contribution in [0.3, 0.4) is 0 Å². The van der Waals surface area contributed by atoms with E-state index in [1.807, 2.05) is 0 Å². The molecule has 6 nitrogen and oxygen atoms in total. The highest BCUT2D eigenvalue weighted by molar-refractivity contribution is 5.83. The van der Waals surface area contributed by atoms with E-state index in [4.69, 9.17) is 10.8 Å². The fourth-order valence-corrected chi connectivity index (χ4v) is 1.57. The number of hydrogen-bond acceptors (Lipinski definition) is 4. The number of carboxylic acids is 1. The summed E-state index contributed by atoms with van der Waals surface area (Å²) in [5.41, 5.74) is 4.71. The van der Waals surface area contributed by atoms with Gasteiger partial charge < -0.3 is 20.8 Å². The number of β-amino-alcohol motifs (C(OH)–C–C–N with tert-alkyl or cyclic N) is 1. The molecule has 1 saturated heterocycles. The first kappa shape index (κ1) is 11.9. The fourth-order valence-electron chi connectivity index (χ4n) is 1.57. The highest BCUT2D eigenvalue weighted by Gasteiger charge is 2.40. The first-order valence-corrected chi connectivity index (χ1v) is 4.80. The number of carbonyl (C=O) groups excluding carboxylic acids is 1. The average Bonchev–Trinajstić information content (AvgIpc) is 2.08. The second kappa shape index (κ2) is 4.16. The van der Waals surface area contributed by atoms with E-state index in [9.17, 15) is 14.7 Å². The summed E-state index contributed by atoms with van der Waals surface area (Å²) in [5.74, 6) is -1.25. The second-order valence-electron chi connectivity index (χ2n) is 4.23. The highest BCUT2D eigenvalue weighted by Crippen LogP contribution is 2.20. The average molecular weight is 216 g/mol. The van der Waals surface area contributed by atoms with Crippen LogP contribution in [0, 0.1) is 0 Å². The van der Waals surface area contributed by atoms with Gasteiger partial charge in [0, 0.05) is 6.42 Å². The summed E-state index contributed by atoms with van der Waals surface area (Å²) >= 11 is 0. The predicted octanol–water partition coefficient (Wildman–Crippen LogP) is -1.23. The topological polar surface area (TPSA) is 104 Å². The van der Waals surface area contributed by atoms with Crippen LogP contribution < -0.4 is 5.73 Å². The molecule has 0 spiro atoms. The fraction of sp³-hybridized carbons (Fsp3) is 0.778. The van der Waals surface area contributed by atoms with Gasteiger partial charge in [-0.25, -0.2) is 0 Å². The van der Waals surface area contributed by atoms with Crippen LogP contribution in [0.4, 0.5) is 0 Å². The molecular formula is C9H16N2O4. The monoisotopic (exact) mass is 216 g/mol. The summed E-state index contributed by atoms with van der Waals surface area (Å²) in [7, 11) is 0. The highest BCUT2D eigenvalue weighted by atomic mass is 16.4. The van der Waals surface area contributed by atoms with Gasteiger partial charge in [0.15, 0.2) is 0 Å². The maximum Gasteiger partial charge on any atom is 0.303 e. The standard InChI is InChI=1S/C9H16N2O4/c1-9(15)4-11(5-9)8(14)6(10)2-3-7(12)13/h6,15H,2-5,10H2,1H3,(H,12,13). The van der Waals surface area contributed by atoms with E-state index in [1.165, 1.54) is 4.90 Å². The van der Waals surface area contributed by atoms with E-state index in [2.05, 4.69) is 0 Å². The number of aliphatic hydroxyl groups is 1. The first-order valence-electron chi connectivity index (χ1n) is 4.80. The Morgan fingerprint density at radius 2 is 2.07 bits per heavy atom. The molecular weight excluding hydrogens is 200 g/mol. The summed E-state index contributed by atoms with van der Waals surface area (Å²) in [6.45, 7) is 2.18. The van der Waals surface area contributed by atoms with Crippen molar-refractivity contribution in [2.75, 3.05) is 13.1 Å². The van der Waals surface area contributed by atoms with Gasteiger partial charge in [-0.2, -0.15) is 0 Å². The number of hydrogen-bond donors (Lipinski definition) is 3. The van der Waals surface area contributed by atoms with E-state index in [0.717, 1.165) is 0 Å². The number of nitrogens with zero attached hydrogens (tertiary/aromatic N) is 1. The smallest absolute Gasteiger partial charge is 0.303 e. The van der Waals surface area contributed by atoms with Crippen molar-refractivity contribution >= 4 is 11.9 Å². The molecule has 15 heavy (non-hydrogen) atoms. The van der Waals surface area contributed by atoms with Crippen LogP contribution in [0.15, 0.2) is 0 Å². The normalized spacial score (nSPS) is 20.6. The molecule has 1 rings (SSSR count). The number of aliphatic carboxylic acids is 1. The second-order valence-corrected chi connectivity index (χ2v) is 4.23. The van der Waals surface area contributed by atoms with Gasteiger partial charge in [0.1, 0.15) is 0 Å². The summed E-state index contributed by atoms with van der Waals surface area (Å²) in [4.78, 5) is 23.2. The Balaban J connectivity index is 2.32. The number of amides is 1. The lowest BCUT2D eigenvalue weighted by molar-refractivity contribution is -0.154. The maximum absolute atomic E-state index is 11.5. The van der Waals surface area contributed by atoms with Crippen LogP contribution in [0.2, 0.25) is 0 Å². The Kier molecular flexibility index (Phi) is 3.31. The summed E-state index contributed by atoms with van der Waals surface area (Å²) < 4.78 is 0. The molecule has 0 aromatic heterocycles. The molecule has 4 N–H and O–H groups in total. The minimum atomic E-state index is -0.964. The van der Waals surface area contributed by atoms with Crippen LogP contribution in [0.25, 0.3) is 0 Å². The third-order valence-electron chi connectivity index (χ3n) is 2.36. The summed E-state index contributed by atoms with van der Waals surface area (Å²) in [6, 6.07) is -0.780. The molecule has 1 aliphatic rings. The predicted molar refractivity (Wildman–Crippen MR) is 52.0 cm³/mol. The molecule has 6 heteroatoms. The van der Waals surface area contributed by atoms with Crippen molar-refractivity contribution in [2.24, 2.45) is 5.73 Å². The molecule has 1 unspecified atom stereocenters. The van der Waals surface area contributed by atoms with Gasteiger partial charge in [-0.15, -0.1) is 0 Å². The molecule has 1 amide bonds. The van der Waals surface area contributed by atoms with Gasteiger partial charge in [-0.05, 0) is 13.3 Å². The number of likely N-dealkylation sites (tertiary alicyclic amines) is 1. The Morgan fingerprint density at radius 1 is 1.53 bits per heavy atom. The third-order valence-corrected chi connectivity index (χ3v) is 2.36. The van der Waals surface area contributed by atoms with Crippen molar-refractivity contribution in [3.63, 3.8) is 0 Å². The first-order chi connectivity index (χ1) is 6.82. The zero-order chi connectivity index (χ0) is 11.6. The van der Waals surface area contributed by atoms with Crippen LogP contribution in [-0.2, 0) is 9.59 Å². The maximum atomic E-state index is 11.5.